The van der Waals surface area contributed by atoms with Crippen molar-refractivity contribution >= 4 is 11.6 Å². The monoisotopic (exact) mass is 234 g/mol. The number of benzene rings is 1. The summed E-state index contributed by atoms with van der Waals surface area (Å²) in [5, 5.41) is 0. The Labute approximate surface area is 102 Å². The molecule has 0 aliphatic rings. The van der Waals surface area contributed by atoms with Crippen LogP contribution in [0.25, 0.3) is 0 Å². The maximum Gasteiger partial charge on any atom is 0.170 e. The molecule has 92 valence electrons. The van der Waals surface area contributed by atoms with Gasteiger partial charge >= 0.3 is 0 Å². The van der Waals surface area contributed by atoms with Gasteiger partial charge in [0.2, 0.25) is 0 Å². The van der Waals surface area contributed by atoms with Crippen LogP contribution >= 0.6 is 0 Å². The van der Waals surface area contributed by atoms with Gasteiger partial charge in [-0.25, -0.2) is 0 Å². The van der Waals surface area contributed by atoms with Crippen LogP contribution in [0, 0.1) is 5.92 Å². The van der Waals surface area contributed by atoms with Crippen molar-refractivity contribution in [2.45, 2.75) is 27.2 Å². The molecule has 0 aromatic heterocycles. The Morgan fingerprint density at radius 2 is 1.76 bits per heavy atom. The smallest absolute Gasteiger partial charge is 0.170 e. The van der Waals surface area contributed by atoms with Gasteiger partial charge in [0.15, 0.2) is 5.78 Å². The predicted octanol–water partition coefficient (Wildman–Crippen LogP) is 2.88. The minimum Gasteiger partial charge on any atom is -0.493 e. The average Bonchev–Trinajstić information content (AvgIpc) is 2.26. The lowest BCUT2D eigenvalue weighted by atomic mass is 10.1. The molecule has 3 nitrogen and oxygen atoms in total. The van der Waals surface area contributed by atoms with Crippen molar-refractivity contribution in [2.75, 3.05) is 6.61 Å². The van der Waals surface area contributed by atoms with Crippen molar-refractivity contribution in [1.82, 2.24) is 0 Å². The second-order valence-corrected chi connectivity index (χ2v) is 4.53. The van der Waals surface area contributed by atoms with E-state index in [1.54, 1.807) is 24.3 Å². The van der Waals surface area contributed by atoms with E-state index in [4.69, 9.17) is 4.74 Å². The SMILES string of the molecule is CC(=O)CC(=O)c1ccc(OCC(C)C)cc1. The fourth-order valence-electron chi connectivity index (χ4n) is 1.33. The molecule has 0 fully saturated rings. The molecule has 1 aromatic rings. The van der Waals surface area contributed by atoms with Crippen LogP contribution in [0.5, 0.6) is 5.75 Å². The Bertz CT molecular complexity index is 390. The molecule has 0 spiro atoms. The zero-order chi connectivity index (χ0) is 12.8. The Hall–Kier alpha value is -1.64. The molecule has 3 heteroatoms. The summed E-state index contributed by atoms with van der Waals surface area (Å²) >= 11 is 0. The maximum absolute atomic E-state index is 11.6. The van der Waals surface area contributed by atoms with Crippen molar-refractivity contribution in [3.8, 4) is 5.75 Å². The van der Waals surface area contributed by atoms with Gasteiger partial charge in [-0.2, -0.15) is 0 Å². The van der Waals surface area contributed by atoms with Gasteiger partial charge in [-0.05, 0) is 37.1 Å². The topological polar surface area (TPSA) is 43.4 Å². The molecule has 0 radical (unpaired) electrons. The number of ketones is 2. The van der Waals surface area contributed by atoms with Gasteiger partial charge in [-0.1, -0.05) is 13.8 Å². The number of ether oxygens (including phenoxy) is 1. The van der Waals surface area contributed by atoms with Crippen LogP contribution in [0.4, 0.5) is 0 Å². The van der Waals surface area contributed by atoms with Gasteiger partial charge in [-0.3, -0.25) is 9.59 Å². The lowest BCUT2D eigenvalue weighted by Crippen LogP contribution is -2.06. The quantitative estimate of drug-likeness (QED) is 0.561. The molecule has 0 aliphatic heterocycles. The molecule has 0 heterocycles. The molecule has 0 N–H and O–H groups in total. The van der Waals surface area contributed by atoms with Crippen molar-refractivity contribution in [3.05, 3.63) is 29.8 Å². The Morgan fingerprint density at radius 1 is 1.18 bits per heavy atom. The van der Waals surface area contributed by atoms with Gasteiger partial charge in [0.25, 0.3) is 0 Å². The van der Waals surface area contributed by atoms with E-state index in [0.717, 1.165) is 5.75 Å². The molecule has 0 bridgehead atoms. The summed E-state index contributed by atoms with van der Waals surface area (Å²) in [7, 11) is 0. The fourth-order valence-corrected chi connectivity index (χ4v) is 1.33. The maximum atomic E-state index is 11.6. The second-order valence-electron chi connectivity index (χ2n) is 4.53. The number of hydrogen-bond acceptors (Lipinski definition) is 3. The first-order valence-electron chi connectivity index (χ1n) is 5.74. The largest absolute Gasteiger partial charge is 0.493 e. The molecule has 0 aliphatic carbocycles. The number of carbonyl (C=O) groups excluding carboxylic acids is 2. The molecule has 0 atom stereocenters. The number of carbonyl (C=O) groups is 2. The summed E-state index contributed by atoms with van der Waals surface area (Å²) in [5.41, 5.74) is 0.553. The molecule has 0 amide bonds. The summed E-state index contributed by atoms with van der Waals surface area (Å²) in [6, 6.07) is 6.91. The van der Waals surface area contributed by atoms with E-state index in [9.17, 15) is 9.59 Å². The zero-order valence-electron chi connectivity index (χ0n) is 10.5. The van der Waals surface area contributed by atoms with Gasteiger partial charge < -0.3 is 4.74 Å². The van der Waals surface area contributed by atoms with E-state index in [-0.39, 0.29) is 18.0 Å². The van der Waals surface area contributed by atoms with Crippen molar-refractivity contribution in [1.29, 1.82) is 0 Å². The fraction of sp³-hybridized carbons (Fsp3) is 0.429. The summed E-state index contributed by atoms with van der Waals surface area (Å²) in [6.45, 7) is 6.22. The Balaban J connectivity index is 2.61. The van der Waals surface area contributed by atoms with E-state index in [1.165, 1.54) is 6.92 Å². The van der Waals surface area contributed by atoms with Crippen LogP contribution in [0.2, 0.25) is 0 Å². The van der Waals surface area contributed by atoms with Gasteiger partial charge in [0, 0.05) is 5.56 Å². The highest BCUT2D eigenvalue weighted by Gasteiger charge is 2.08. The molecule has 1 aromatic carbocycles. The first kappa shape index (κ1) is 13.4. The van der Waals surface area contributed by atoms with E-state index < -0.39 is 0 Å². The molecule has 17 heavy (non-hydrogen) atoms. The van der Waals surface area contributed by atoms with Crippen molar-refractivity contribution in [2.24, 2.45) is 5.92 Å². The summed E-state index contributed by atoms with van der Waals surface area (Å²) < 4.78 is 5.51. The van der Waals surface area contributed by atoms with Crippen LogP contribution in [-0.4, -0.2) is 18.2 Å². The number of Topliss-reactive ketones (excluding diaryl/α,β-unsaturated/α-hetero) is 2. The first-order chi connectivity index (χ1) is 7.99. The molecule has 1 rings (SSSR count). The number of hydrogen-bond donors (Lipinski definition) is 0. The summed E-state index contributed by atoms with van der Waals surface area (Å²) in [6.07, 6.45) is -0.0355. The van der Waals surface area contributed by atoms with Gasteiger partial charge in [0.1, 0.15) is 11.5 Å². The van der Waals surface area contributed by atoms with Crippen LogP contribution in [0.3, 0.4) is 0 Å². The standard InChI is InChI=1S/C14H18O3/c1-10(2)9-17-13-6-4-12(5-7-13)14(16)8-11(3)15/h4-7,10H,8-9H2,1-3H3. The highest BCUT2D eigenvalue weighted by Crippen LogP contribution is 2.14. The minimum atomic E-state index is -0.145. The third-order valence-electron chi connectivity index (χ3n) is 2.17. The normalized spacial score (nSPS) is 10.4. The second kappa shape index (κ2) is 6.18. The predicted molar refractivity (Wildman–Crippen MR) is 66.4 cm³/mol. The highest BCUT2D eigenvalue weighted by atomic mass is 16.5. The molecular formula is C14H18O3. The van der Waals surface area contributed by atoms with E-state index in [0.29, 0.717) is 18.1 Å². The minimum absolute atomic E-state index is 0.0355. The van der Waals surface area contributed by atoms with Crippen molar-refractivity contribution in [3.63, 3.8) is 0 Å². The average molecular weight is 234 g/mol. The highest BCUT2D eigenvalue weighted by molar-refractivity contribution is 6.07. The Kier molecular flexibility index (Phi) is 4.88. The van der Waals surface area contributed by atoms with E-state index >= 15 is 0 Å². The first-order valence-corrected chi connectivity index (χ1v) is 5.74. The van der Waals surface area contributed by atoms with E-state index in [1.807, 2.05) is 0 Å². The number of rotatable bonds is 6. The van der Waals surface area contributed by atoms with Crippen LogP contribution < -0.4 is 4.74 Å². The molecular weight excluding hydrogens is 216 g/mol. The lowest BCUT2D eigenvalue weighted by molar-refractivity contribution is -0.116. The summed E-state index contributed by atoms with van der Waals surface area (Å²) in [5.74, 6) is 0.954. The molecule has 0 unspecified atom stereocenters. The summed E-state index contributed by atoms with van der Waals surface area (Å²) in [4.78, 5) is 22.4. The van der Waals surface area contributed by atoms with Gasteiger partial charge in [0.05, 0.1) is 13.0 Å². The molecule has 0 saturated heterocycles. The third-order valence-corrected chi connectivity index (χ3v) is 2.17. The van der Waals surface area contributed by atoms with Crippen LogP contribution in [0.1, 0.15) is 37.6 Å². The van der Waals surface area contributed by atoms with Crippen LogP contribution in [0.15, 0.2) is 24.3 Å². The zero-order valence-corrected chi connectivity index (χ0v) is 10.5. The van der Waals surface area contributed by atoms with Crippen LogP contribution in [-0.2, 0) is 4.79 Å². The molecule has 0 saturated carbocycles. The van der Waals surface area contributed by atoms with Gasteiger partial charge in [-0.15, -0.1) is 0 Å². The third kappa shape index (κ3) is 4.81. The van der Waals surface area contributed by atoms with Crippen molar-refractivity contribution < 1.29 is 14.3 Å². The Morgan fingerprint density at radius 3 is 2.24 bits per heavy atom. The lowest BCUT2D eigenvalue weighted by Gasteiger charge is -2.08. The van der Waals surface area contributed by atoms with E-state index in [2.05, 4.69) is 13.8 Å².